The number of carbonyl (C=O) groups excluding carboxylic acids is 3. The van der Waals surface area contributed by atoms with Crippen molar-refractivity contribution in [1.29, 1.82) is 0 Å². The first-order valence-corrected chi connectivity index (χ1v) is 11.0. The highest BCUT2D eigenvalue weighted by Crippen LogP contribution is 2.40. The van der Waals surface area contributed by atoms with Gasteiger partial charge in [-0.05, 0) is 66.3 Å². The van der Waals surface area contributed by atoms with E-state index in [4.69, 9.17) is 5.73 Å². The zero-order valence-corrected chi connectivity index (χ0v) is 18.2. The first-order chi connectivity index (χ1) is 14.8. The maximum atomic E-state index is 13.3. The number of hydrogen-bond donors (Lipinski definition) is 2. The summed E-state index contributed by atoms with van der Waals surface area (Å²) in [6, 6.07) is 9.70. The number of fused-ring (bicyclic) bond motifs is 1. The molecule has 2 atom stereocenters. The molecule has 0 aliphatic carbocycles. The minimum absolute atomic E-state index is 0.158. The van der Waals surface area contributed by atoms with Crippen LogP contribution in [0.15, 0.2) is 48.1 Å². The normalized spacial score (nSPS) is 21.1. The first-order valence-electron chi connectivity index (χ1n) is 10.1. The van der Waals surface area contributed by atoms with Crippen molar-refractivity contribution in [2.75, 3.05) is 11.9 Å². The standard InChI is InChI=1S/C23H24N4O3S/c1-14-5-7-23(2,17-3-4-19-15(9-17)6-8-31-19)27(13-14)22(30)21(29)26-18-10-16(20(24)28)11-25-12-18/h3-4,6,8-12,14H,5,7,13H2,1-2H3,(H2,24,28)(H,26,29)/t14-,23-/m0/s1. The minimum atomic E-state index is -0.764. The van der Waals surface area contributed by atoms with Crippen LogP contribution in [0.2, 0.25) is 0 Å². The number of nitrogens with zero attached hydrogens (tertiary/aromatic N) is 2. The molecule has 3 amide bonds. The summed E-state index contributed by atoms with van der Waals surface area (Å²) < 4.78 is 1.19. The lowest BCUT2D eigenvalue weighted by molar-refractivity contribution is -0.150. The predicted octanol–water partition coefficient (Wildman–Crippen LogP) is 3.51. The van der Waals surface area contributed by atoms with Crippen LogP contribution in [0.1, 0.15) is 42.6 Å². The lowest BCUT2D eigenvalue weighted by Crippen LogP contribution is -2.55. The number of anilines is 1. The van der Waals surface area contributed by atoms with Gasteiger partial charge in [0.1, 0.15) is 0 Å². The van der Waals surface area contributed by atoms with Crippen LogP contribution in [-0.2, 0) is 15.1 Å². The lowest BCUT2D eigenvalue weighted by Gasteiger charge is -2.47. The fourth-order valence-electron chi connectivity index (χ4n) is 4.13. The van der Waals surface area contributed by atoms with E-state index in [0.717, 1.165) is 23.8 Å². The fourth-order valence-corrected chi connectivity index (χ4v) is 4.90. The Bertz CT molecular complexity index is 1170. The number of aromatic nitrogens is 1. The summed E-state index contributed by atoms with van der Waals surface area (Å²) in [5.41, 5.74) is 6.10. The summed E-state index contributed by atoms with van der Waals surface area (Å²) in [6.07, 6.45) is 4.42. The van der Waals surface area contributed by atoms with Crippen molar-refractivity contribution in [1.82, 2.24) is 9.88 Å². The van der Waals surface area contributed by atoms with Crippen LogP contribution < -0.4 is 11.1 Å². The van der Waals surface area contributed by atoms with Crippen LogP contribution in [0, 0.1) is 5.92 Å². The largest absolute Gasteiger partial charge is 0.366 e. The van der Waals surface area contributed by atoms with Gasteiger partial charge in [-0.15, -0.1) is 11.3 Å². The zero-order valence-electron chi connectivity index (χ0n) is 17.4. The van der Waals surface area contributed by atoms with Crippen molar-refractivity contribution < 1.29 is 14.4 Å². The van der Waals surface area contributed by atoms with E-state index in [-0.39, 0.29) is 17.2 Å². The van der Waals surface area contributed by atoms with Gasteiger partial charge in [0, 0.05) is 17.4 Å². The van der Waals surface area contributed by atoms with E-state index in [1.165, 1.54) is 23.2 Å². The van der Waals surface area contributed by atoms with E-state index < -0.39 is 23.3 Å². The third-order valence-electron chi connectivity index (χ3n) is 6.01. The van der Waals surface area contributed by atoms with Gasteiger partial charge in [-0.25, -0.2) is 0 Å². The molecule has 3 aromatic rings. The molecule has 0 saturated carbocycles. The van der Waals surface area contributed by atoms with Crippen molar-refractivity contribution >= 4 is 44.8 Å². The zero-order chi connectivity index (χ0) is 22.2. The number of thiophene rings is 1. The van der Waals surface area contributed by atoms with E-state index in [2.05, 4.69) is 35.4 Å². The number of amides is 3. The molecule has 1 aliphatic rings. The quantitative estimate of drug-likeness (QED) is 0.613. The van der Waals surface area contributed by atoms with Crippen LogP contribution in [-0.4, -0.2) is 34.2 Å². The topological polar surface area (TPSA) is 105 Å². The Morgan fingerprint density at radius 2 is 2.03 bits per heavy atom. The van der Waals surface area contributed by atoms with Gasteiger partial charge in [0.2, 0.25) is 5.91 Å². The molecular formula is C23H24N4O3S. The Hall–Kier alpha value is -3.26. The molecule has 1 aliphatic heterocycles. The maximum absolute atomic E-state index is 13.3. The second kappa shape index (κ2) is 8.11. The summed E-state index contributed by atoms with van der Waals surface area (Å²) >= 11 is 1.67. The molecule has 31 heavy (non-hydrogen) atoms. The van der Waals surface area contributed by atoms with Gasteiger partial charge < -0.3 is 16.0 Å². The Kier molecular flexibility index (Phi) is 5.49. The predicted molar refractivity (Wildman–Crippen MR) is 121 cm³/mol. The summed E-state index contributed by atoms with van der Waals surface area (Å²) in [7, 11) is 0. The summed E-state index contributed by atoms with van der Waals surface area (Å²) in [6.45, 7) is 4.59. The van der Waals surface area contributed by atoms with Crippen LogP contribution in [0.4, 0.5) is 5.69 Å². The fraction of sp³-hybridized carbons (Fsp3) is 0.304. The number of pyridine rings is 1. The van der Waals surface area contributed by atoms with Crippen molar-refractivity contribution in [3.63, 3.8) is 0 Å². The van der Waals surface area contributed by atoms with E-state index in [9.17, 15) is 14.4 Å². The highest BCUT2D eigenvalue weighted by Gasteiger charge is 2.43. The molecule has 1 fully saturated rings. The molecule has 1 saturated heterocycles. The SMILES string of the molecule is C[C@H]1CC[C@@](C)(c2ccc3sccc3c2)N(C(=O)C(=O)Nc2cncc(C(N)=O)c2)C1. The molecule has 3 heterocycles. The van der Waals surface area contributed by atoms with Crippen molar-refractivity contribution in [3.8, 4) is 0 Å². The van der Waals surface area contributed by atoms with Gasteiger partial charge in [0.25, 0.3) is 0 Å². The third kappa shape index (κ3) is 4.03. The Balaban J connectivity index is 1.62. The van der Waals surface area contributed by atoms with Gasteiger partial charge in [-0.3, -0.25) is 19.4 Å². The molecule has 4 rings (SSSR count). The van der Waals surface area contributed by atoms with Gasteiger partial charge >= 0.3 is 11.8 Å². The van der Waals surface area contributed by atoms with Crippen LogP contribution >= 0.6 is 11.3 Å². The average Bonchev–Trinajstić information content (AvgIpc) is 3.23. The molecule has 1 aromatic carbocycles. The van der Waals surface area contributed by atoms with E-state index in [1.54, 1.807) is 16.2 Å². The molecule has 3 N–H and O–H groups in total. The Labute approximate surface area is 184 Å². The number of piperidine rings is 1. The molecule has 0 bridgehead atoms. The molecule has 2 aromatic heterocycles. The summed E-state index contributed by atoms with van der Waals surface area (Å²) in [5, 5.41) is 5.74. The maximum Gasteiger partial charge on any atom is 0.313 e. The summed E-state index contributed by atoms with van der Waals surface area (Å²) in [5.74, 6) is -1.74. The molecule has 0 spiro atoms. The van der Waals surface area contributed by atoms with Gasteiger partial charge in [0.05, 0.1) is 23.0 Å². The number of nitrogens with two attached hydrogens (primary N) is 1. The second-order valence-electron chi connectivity index (χ2n) is 8.29. The molecule has 0 unspecified atom stereocenters. The molecule has 160 valence electrons. The molecule has 0 radical (unpaired) electrons. The minimum Gasteiger partial charge on any atom is -0.366 e. The van der Waals surface area contributed by atoms with Crippen LogP contribution in [0.25, 0.3) is 10.1 Å². The monoisotopic (exact) mass is 436 g/mol. The number of primary amides is 1. The number of rotatable bonds is 3. The first kappa shape index (κ1) is 21.0. The van der Waals surface area contributed by atoms with Crippen molar-refractivity contribution in [2.24, 2.45) is 11.7 Å². The van der Waals surface area contributed by atoms with Gasteiger partial charge in [-0.1, -0.05) is 13.0 Å². The Morgan fingerprint density at radius 3 is 2.81 bits per heavy atom. The second-order valence-corrected chi connectivity index (χ2v) is 9.24. The van der Waals surface area contributed by atoms with Gasteiger partial charge in [-0.2, -0.15) is 0 Å². The van der Waals surface area contributed by atoms with Crippen molar-refractivity contribution in [2.45, 2.75) is 32.2 Å². The third-order valence-corrected chi connectivity index (χ3v) is 6.91. The molecule has 7 nitrogen and oxygen atoms in total. The lowest BCUT2D eigenvalue weighted by atomic mass is 9.78. The molecule has 8 heteroatoms. The van der Waals surface area contributed by atoms with Crippen LogP contribution in [0.5, 0.6) is 0 Å². The van der Waals surface area contributed by atoms with E-state index in [1.807, 2.05) is 18.4 Å². The highest BCUT2D eigenvalue weighted by atomic mass is 32.1. The van der Waals surface area contributed by atoms with Crippen molar-refractivity contribution in [3.05, 3.63) is 59.2 Å². The van der Waals surface area contributed by atoms with E-state index >= 15 is 0 Å². The highest BCUT2D eigenvalue weighted by molar-refractivity contribution is 7.17. The van der Waals surface area contributed by atoms with Crippen LogP contribution in [0.3, 0.4) is 0 Å². The number of hydrogen-bond acceptors (Lipinski definition) is 5. The molecular weight excluding hydrogens is 412 g/mol. The average molecular weight is 437 g/mol. The number of nitrogens with one attached hydrogen (secondary N) is 1. The van der Waals surface area contributed by atoms with Gasteiger partial charge in [0.15, 0.2) is 0 Å². The van der Waals surface area contributed by atoms with E-state index in [0.29, 0.717) is 6.54 Å². The number of benzene rings is 1. The number of carbonyl (C=O) groups is 3. The smallest absolute Gasteiger partial charge is 0.313 e. The summed E-state index contributed by atoms with van der Waals surface area (Å²) in [4.78, 5) is 43.1. The Morgan fingerprint density at radius 1 is 1.23 bits per heavy atom. The number of likely N-dealkylation sites (tertiary alicyclic amines) is 1.